The average molecular weight is 492 g/mol. The topological polar surface area (TPSA) is 207 Å². The van der Waals surface area contributed by atoms with Crippen LogP contribution in [0.1, 0.15) is 25.8 Å². The number of para-hydroxylation sites is 1. The van der Waals surface area contributed by atoms with Crippen molar-refractivity contribution in [3.05, 3.63) is 36.0 Å². The Bertz CT molecular complexity index is 1040. The normalized spacial score (nSPS) is 15.5. The summed E-state index contributed by atoms with van der Waals surface area (Å²) in [7, 11) is 0. The zero-order valence-electron chi connectivity index (χ0n) is 19.7. The van der Waals surface area contributed by atoms with Gasteiger partial charge in [-0.1, -0.05) is 38.5 Å². The smallest absolute Gasteiger partial charge is 0.326 e. The molecule has 12 nitrogen and oxygen atoms in total. The van der Waals surface area contributed by atoms with Gasteiger partial charge >= 0.3 is 5.97 Å². The predicted octanol–water partition coefficient (Wildman–Crippen LogP) is -1.39. The fourth-order valence-corrected chi connectivity index (χ4v) is 3.49. The second kappa shape index (κ2) is 12.8. The van der Waals surface area contributed by atoms with Crippen LogP contribution in [0, 0.1) is 5.92 Å². The summed E-state index contributed by atoms with van der Waals surface area (Å²) in [6.07, 6.45) is 2.20. The number of carbonyl (C=O) groups excluding carboxylic acids is 3. The van der Waals surface area contributed by atoms with Crippen LogP contribution in [0.3, 0.4) is 0 Å². The molecule has 0 aliphatic carbocycles. The highest BCUT2D eigenvalue weighted by Crippen LogP contribution is 2.19. The maximum Gasteiger partial charge on any atom is 0.326 e. The minimum absolute atomic E-state index is 0.0106. The fourth-order valence-electron chi connectivity index (χ4n) is 3.49. The van der Waals surface area contributed by atoms with Crippen molar-refractivity contribution in [1.29, 1.82) is 0 Å². The highest BCUT2D eigenvalue weighted by Gasteiger charge is 2.32. The average Bonchev–Trinajstić information content (AvgIpc) is 3.26. The number of H-pyrrole nitrogens is 1. The summed E-state index contributed by atoms with van der Waals surface area (Å²) in [5.74, 6) is -4.04. The highest BCUT2D eigenvalue weighted by atomic mass is 16.4. The quantitative estimate of drug-likeness (QED) is 0.167. The van der Waals surface area contributed by atoms with Crippen LogP contribution >= 0.6 is 0 Å². The zero-order chi connectivity index (χ0) is 26.1. The molecule has 9 N–H and O–H groups in total. The number of carboxylic acid groups (broad SMARTS) is 1. The molecule has 0 radical (unpaired) electrons. The number of aromatic amines is 1. The molecule has 192 valence electrons. The molecule has 0 saturated heterocycles. The van der Waals surface area contributed by atoms with E-state index in [1.54, 1.807) is 20.0 Å². The van der Waals surface area contributed by atoms with Crippen LogP contribution in [0.4, 0.5) is 0 Å². The molecule has 3 amide bonds. The molecule has 0 fully saturated rings. The van der Waals surface area contributed by atoms with Gasteiger partial charge in [0.25, 0.3) is 0 Å². The maximum atomic E-state index is 13.2. The van der Waals surface area contributed by atoms with Crippen molar-refractivity contribution in [2.45, 2.75) is 50.9 Å². The van der Waals surface area contributed by atoms with E-state index < -0.39 is 61.1 Å². The first-order valence-corrected chi connectivity index (χ1v) is 11.3. The lowest BCUT2D eigenvalue weighted by Gasteiger charge is -2.26. The minimum atomic E-state index is -1.44. The molecule has 0 aliphatic rings. The van der Waals surface area contributed by atoms with Gasteiger partial charge in [0.2, 0.25) is 17.7 Å². The van der Waals surface area contributed by atoms with E-state index in [-0.39, 0.29) is 12.3 Å². The molecule has 35 heavy (non-hydrogen) atoms. The number of rotatable bonds is 13. The number of hydrogen-bond acceptors (Lipinski definition) is 7. The van der Waals surface area contributed by atoms with E-state index in [2.05, 4.69) is 20.9 Å². The molecule has 12 heteroatoms. The van der Waals surface area contributed by atoms with Crippen molar-refractivity contribution in [3.8, 4) is 0 Å². The molecule has 0 spiro atoms. The fraction of sp³-hybridized carbons (Fsp3) is 0.478. The number of nitrogens with one attached hydrogen (secondary N) is 4. The van der Waals surface area contributed by atoms with E-state index in [1.165, 1.54) is 0 Å². The van der Waals surface area contributed by atoms with Gasteiger partial charge in [-0.05, 0) is 17.5 Å². The standard InChI is InChI=1S/C23H33N5O7/c1-3-12(2)19(23(34)35)28-21(32)17(8-13-9-25-16-7-5-4-6-14(13)16)26-22(33)18(11-30)27-20(31)15(24)10-29/h4-7,9,12,15,17-19,25,29-30H,3,8,10-11,24H2,1-2H3,(H,26,33)(H,27,31)(H,28,32)(H,34,35). The van der Waals surface area contributed by atoms with Gasteiger partial charge in [0.05, 0.1) is 13.2 Å². The van der Waals surface area contributed by atoms with Crippen LogP contribution in [0.15, 0.2) is 30.5 Å². The summed E-state index contributed by atoms with van der Waals surface area (Å²) >= 11 is 0. The van der Waals surface area contributed by atoms with E-state index in [0.29, 0.717) is 12.0 Å². The third kappa shape index (κ3) is 7.25. The molecule has 2 rings (SSSR count). The van der Waals surface area contributed by atoms with Gasteiger partial charge in [-0.2, -0.15) is 0 Å². The molecule has 1 heterocycles. The summed E-state index contributed by atoms with van der Waals surface area (Å²) in [6.45, 7) is 2.03. The monoisotopic (exact) mass is 491 g/mol. The highest BCUT2D eigenvalue weighted by molar-refractivity contribution is 5.95. The number of hydrogen-bond donors (Lipinski definition) is 8. The molecule has 0 saturated carbocycles. The van der Waals surface area contributed by atoms with E-state index in [0.717, 1.165) is 10.9 Å². The number of aliphatic carboxylic acids is 1. The summed E-state index contributed by atoms with van der Waals surface area (Å²) in [6, 6.07) is 2.21. The SMILES string of the molecule is CCC(C)C(NC(=O)C(Cc1c[nH]c2ccccc12)NC(=O)C(CO)NC(=O)C(N)CO)C(=O)O. The van der Waals surface area contributed by atoms with Crippen LogP contribution in [0.5, 0.6) is 0 Å². The number of aromatic nitrogens is 1. The molecule has 5 unspecified atom stereocenters. The second-order valence-corrected chi connectivity index (χ2v) is 8.37. The van der Waals surface area contributed by atoms with Gasteiger partial charge in [-0.15, -0.1) is 0 Å². The summed E-state index contributed by atoms with van der Waals surface area (Å²) in [5, 5.41) is 36.2. The predicted molar refractivity (Wildman–Crippen MR) is 127 cm³/mol. The first-order chi connectivity index (χ1) is 16.6. The number of fused-ring (bicyclic) bond motifs is 1. The molecule has 1 aromatic heterocycles. The Morgan fingerprint density at radius 3 is 2.20 bits per heavy atom. The molecular weight excluding hydrogens is 458 g/mol. The van der Waals surface area contributed by atoms with Crippen LogP contribution in [0.25, 0.3) is 10.9 Å². The molecule has 5 atom stereocenters. The van der Waals surface area contributed by atoms with Crippen molar-refractivity contribution in [2.24, 2.45) is 11.7 Å². The Hall–Kier alpha value is -3.48. The number of amides is 3. The van der Waals surface area contributed by atoms with E-state index in [4.69, 9.17) is 10.8 Å². The lowest BCUT2D eigenvalue weighted by Crippen LogP contribution is -2.59. The Morgan fingerprint density at radius 2 is 1.60 bits per heavy atom. The van der Waals surface area contributed by atoms with Gasteiger partial charge in [0.1, 0.15) is 24.2 Å². The third-order valence-electron chi connectivity index (χ3n) is 5.86. The lowest BCUT2D eigenvalue weighted by atomic mass is 9.98. The summed E-state index contributed by atoms with van der Waals surface area (Å²) in [5.41, 5.74) is 6.95. The van der Waals surface area contributed by atoms with Gasteiger partial charge in [0.15, 0.2) is 0 Å². The number of benzene rings is 1. The van der Waals surface area contributed by atoms with Crippen LogP contribution in [-0.4, -0.2) is 81.4 Å². The van der Waals surface area contributed by atoms with Gasteiger partial charge in [0, 0.05) is 23.5 Å². The minimum Gasteiger partial charge on any atom is -0.480 e. The van der Waals surface area contributed by atoms with Gasteiger partial charge in [-0.3, -0.25) is 14.4 Å². The Morgan fingerprint density at radius 1 is 0.971 bits per heavy atom. The molecule has 0 aliphatic heterocycles. The first-order valence-electron chi connectivity index (χ1n) is 11.3. The van der Waals surface area contributed by atoms with Crippen molar-refractivity contribution < 1.29 is 34.5 Å². The number of carbonyl (C=O) groups is 4. The zero-order valence-corrected chi connectivity index (χ0v) is 19.7. The molecule has 1 aromatic carbocycles. The molecular formula is C23H33N5O7. The van der Waals surface area contributed by atoms with Crippen molar-refractivity contribution in [2.75, 3.05) is 13.2 Å². The van der Waals surface area contributed by atoms with Crippen molar-refractivity contribution in [1.82, 2.24) is 20.9 Å². The largest absolute Gasteiger partial charge is 0.480 e. The Kier molecular flexibility index (Phi) is 10.2. The van der Waals surface area contributed by atoms with Crippen LogP contribution in [0.2, 0.25) is 0 Å². The van der Waals surface area contributed by atoms with E-state index in [9.17, 15) is 29.4 Å². The van der Waals surface area contributed by atoms with Gasteiger partial charge < -0.3 is 42.0 Å². The Balaban J connectivity index is 2.29. The van der Waals surface area contributed by atoms with Crippen LogP contribution in [-0.2, 0) is 25.6 Å². The second-order valence-electron chi connectivity index (χ2n) is 8.37. The van der Waals surface area contributed by atoms with Gasteiger partial charge in [-0.25, -0.2) is 4.79 Å². The number of carboxylic acids is 1. The van der Waals surface area contributed by atoms with E-state index in [1.807, 2.05) is 24.3 Å². The van der Waals surface area contributed by atoms with Crippen LogP contribution < -0.4 is 21.7 Å². The first kappa shape index (κ1) is 27.8. The summed E-state index contributed by atoms with van der Waals surface area (Å²) < 4.78 is 0. The number of aliphatic hydroxyl groups excluding tert-OH is 2. The molecule has 0 bridgehead atoms. The number of nitrogens with two attached hydrogens (primary N) is 1. The van der Waals surface area contributed by atoms with E-state index >= 15 is 0 Å². The lowest BCUT2D eigenvalue weighted by molar-refractivity contribution is -0.143. The van der Waals surface area contributed by atoms with Crippen molar-refractivity contribution in [3.63, 3.8) is 0 Å². The number of aliphatic hydroxyl groups is 2. The third-order valence-corrected chi connectivity index (χ3v) is 5.86. The maximum absolute atomic E-state index is 13.2. The summed E-state index contributed by atoms with van der Waals surface area (Å²) in [4.78, 5) is 52.8. The van der Waals surface area contributed by atoms with Crippen molar-refractivity contribution >= 4 is 34.6 Å². The molecule has 2 aromatic rings. The Labute approximate surface area is 202 Å².